The molecule has 0 bridgehead atoms. The summed E-state index contributed by atoms with van der Waals surface area (Å²) in [6.07, 6.45) is 0. The topological polar surface area (TPSA) is 87.4 Å². The summed E-state index contributed by atoms with van der Waals surface area (Å²) in [4.78, 5) is 11.8. The molecule has 5 nitrogen and oxygen atoms in total. The maximum atomic E-state index is 11.8. The normalized spacial score (nSPS) is 10.2. The largest absolute Gasteiger partial charge is 0.508 e. The highest BCUT2D eigenvalue weighted by Gasteiger charge is 2.08. The van der Waals surface area contributed by atoms with Gasteiger partial charge in [0.05, 0.1) is 10.7 Å². The third kappa shape index (κ3) is 4.18. The molecule has 0 radical (unpaired) electrons. The summed E-state index contributed by atoms with van der Waals surface area (Å²) in [5.74, 6) is 0.0605. The van der Waals surface area contributed by atoms with Gasteiger partial charge < -0.3 is 21.5 Å². The van der Waals surface area contributed by atoms with E-state index in [2.05, 4.69) is 10.6 Å². The summed E-state index contributed by atoms with van der Waals surface area (Å²) >= 11 is 11.8. The van der Waals surface area contributed by atoms with Gasteiger partial charge >= 0.3 is 6.03 Å². The van der Waals surface area contributed by atoms with Gasteiger partial charge in [-0.3, -0.25) is 0 Å². The molecule has 0 saturated heterocycles. The van der Waals surface area contributed by atoms with Crippen LogP contribution in [0.5, 0.6) is 5.75 Å². The fraction of sp³-hybridized carbons (Fsp3) is 0.0714. The van der Waals surface area contributed by atoms with E-state index in [1.54, 1.807) is 30.3 Å². The minimum atomic E-state index is -0.471. The first-order chi connectivity index (χ1) is 9.95. The molecule has 0 aliphatic carbocycles. The van der Waals surface area contributed by atoms with E-state index < -0.39 is 6.03 Å². The van der Waals surface area contributed by atoms with Crippen molar-refractivity contribution in [2.45, 2.75) is 6.54 Å². The van der Waals surface area contributed by atoms with E-state index in [1.807, 2.05) is 0 Å². The number of hydrogen-bond donors (Lipinski definition) is 4. The SMILES string of the molecule is Nc1ccc(O)c(CNC(=O)Nc2cc(Cl)ccc2Cl)c1. The van der Waals surface area contributed by atoms with Gasteiger partial charge in [-0.2, -0.15) is 0 Å². The van der Waals surface area contributed by atoms with Crippen LogP contribution >= 0.6 is 23.2 Å². The first-order valence-corrected chi connectivity index (χ1v) is 6.78. The molecule has 0 aliphatic heterocycles. The lowest BCUT2D eigenvalue weighted by molar-refractivity contribution is 0.251. The van der Waals surface area contributed by atoms with E-state index >= 15 is 0 Å². The summed E-state index contributed by atoms with van der Waals surface area (Å²) in [5.41, 5.74) is 7.04. The highest BCUT2D eigenvalue weighted by Crippen LogP contribution is 2.25. The molecule has 2 aromatic rings. The van der Waals surface area contributed by atoms with Crippen LogP contribution in [0.4, 0.5) is 16.2 Å². The van der Waals surface area contributed by atoms with Crippen LogP contribution in [-0.4, -0.2) is 11.1 Å². The van der Waals surface area contributed by atoms with Crippen molar-refractivity contribution >= 4 is 40.6 Å². The van der Waals surface area contributed by atoms with Crippen LogP contribution in [0.2, 0.25) is 10.0 Å². The number of carbonyl (C=O) groups is 1. The lowest BCUT2D eigenvalue weighted by Gasteiger charge is -2.10. The van der Waals surface area contributed by atoms with Crippen LogP contribution in [-0.2, 0) is 6.54 Å². The van der Waals surface area contributed by atoms with E-state index in [1.165, 1.54) is 6.07 Å². The number of amides is 2. The smallest absolute Gasteiger partial charge is 0.319 e. The number of phenolic OH excluding ortho intramolecular Hbond substituents is 1. The average molecular weight is 326 g/mol. The van der Waals surface area contributed by atoms with Crippen molar-refractivity contribution in [2.75, 3.05) is 11.1 Å². The minimum absolute atomic E-state index is 0.0605. The second-order valence-electron chi connectivity index (χ2n) is 4.32. The number of anilines is 2. The lowest BCUT2D eigenvalue weighted by Crippen LogP contribution is -2.28. The number of halogens is 2. The number of urea groups is 1. The van der Waals surface area contributed by atoms with E-state index in [9.17, 15) is 9.90 Å². The Hall–Kier alpha value is -2.11. The second-order valence-corrected chi connectivity index (χ2v) is 5.16. The Labute approximate surface area is 131 Å². The maximum Gasteiger partial charge on any atom is 0.319 e. The summed E-state index contributed by atoms with van der Waals surface area (Å²) in [6, 6.07) is 8.91. The summed E-state index contributed by atoms with van der Waals surface area (Å²) in [5, 5.41) is 15.7. The van der Waals surface area contributed by atoms with Gasteiger partial charge in [-0.1, -0.05) is 23.2 Å². The number of nitrogens with one attached hydrogen (secondary N) is 2. The summed E-state index contributed by atoms with van der Waals surface area (Å²) in [7, 11) is 0. The zero-order valence-electron chi connectivity index (χ0n) is 10.9. The van der Waals surface area contributed by atoms with Gasteiger partial charge in [0.2, 0.25) is 0 Å². The standard InChI is InChI=1S/C14H13Cl2N3O2/c15-9-1-3-11(16)12(6-9)19-14(21)18-7-8-5-10(17)2-4-13(8)20/h1-6,20H,7,17H2,(H2,18,19,21). The van der Waals surface area contributed by atoms with Gasteiger partial charge in [0.25, 0.3) is 0 Å². The molecule has 2 amide bonds. The Kier molecular flexibility index (Phi) is 4.77. The van der Waals surface area contributed by atoms with Crippen LogP contribution in [0.3, 0.4) is 0 Å². The molecule has 21 heavy (non-hydrogen) atoms. The van der Waals surface area contributed by atoms with Gasteiger partial charge in [-0.25, -0.2) is 4.79 Å². The van der Waals surface area contributed by atoms with Crippen LogP contribution < -0.4 is 16.4 Å². The molecule has 0 aromatic heterocycles. The highest BCUT2D eigenvalue weighted by molar-refractivity contribution is 6.35. The van der Waals surface area contributed by atoms with Gasteiger partial charge in [0.1, 0.15) is 5.75 Å². The maximum absolute atomic E-state index is 11.8. The number of hydrogen-bond acceptors (Lipinski definition) is 3. The van der Waals surface area contributed by atoms with Crippen molar-refractivity contribution in [3.8, 4) is 5.75 Å². The molecule has 0 saturated carbocycles. The Bertz CT molecular complexity index is 677. The van der Waals surface area contributed by atoms with E-state index in [0.717, 1.165) is 0 Å². The number of benzene rings is 2. The third-order valence-corrected chi connectivity index (χ3v) is 3.28. The fourth-order valence-corrected chi connectivity index (χ4v) is 2.02. The second kappa shape index (κ2) is 6.56. The monoisotopic (exact) mass is 325 g/mol. The molecule has 110 valence electrons. The van der Waals surface area contributed by atoms with E-state index in [4.69, 9.17) is 28.9 Å². The summed E-state index contributed by atoms with van der Waals surface area (Å²) < 4.78 is 0. The number of rotatable bonds is 3. The third-order valence-electron chi connectivity index (χ3n) is 2.72. The molecule has 0 fully saturated rings. The van der Waals surface area contributed by atoms with E-state index in [0.29, 0.717) is 27.0 Å². The number of nitrogen functional groups attached to an aromatic ring is 1. The van der Waals surface area contributed by atoms with Crippen molar-refractivity contribution in [1.29, 1.82) is 0 Å². The molecular formula is C14H13Cl2N3O2. The number of phenols is 1. The van der Waals surface area contributed by atoms with Gasteiger partial charge in [0, 0.05) is 22.8 Å². The Morgan fingerprint density at radius 2 is 1.95 bits per heavy atom. The minimum Gasteiger partial charge on any atom is -0.508 e. The van der Waals surface area contributed by atoms with Crippen molar-refractivity contribution < 1.29 is 9.90 Å². The van der Waals surface area contributed by atoms with Crippen LogP contribution in [0.15, 0.2) is 36.4 Å². The van der Waals surface area contributed by atoms with E-state index in [-0.39, 0.29) is 12.3 Å². The molecule has 0 heterocycles. The molecule has 2 aromatic carbocycles. The van der Waals surface area contributed by atoms with Gasteiger partial charge in [-0.15, -0.1) is 0 Å². The summed E-state index contributed by atoms with van der Waals surface area (Å²) in [6.45, 7) is 0.126. The van der Waals surface area contributed by atoms with Gasteiger partial charge in [-0.05, 0) is 36.4 Å². The number of nitrogens with two attached hydrogens (primary N) is 1. The van der Waals surface area contributed by atoms with Crippen molar-refractivity contribution in [1.82, 2.24) is 5.32 Å². The predicted octanol–water partition coefficient (Wildman–Crippen LogP) is 3.60. The first kappa shape index (κ1) is 15.3. The average Bonchev–Trinajstić information content (AvgIpc) is 2.44. The van der Waals surface area contributed by atoms with Crippen LogP contribution in [0.1, 0.15) is 5.56 Å². The van der Waals surface area contributed by atoms with Gasteiger partial charge in [0.15, 0.2) is 0 Å². The molecule has 5 N–H and O–H groups in total. The number of aromatic hydroxyl groups is 1. The Balaban J connectivity index is 1.99. The van der Waals surface area contributed by atoms with Crippen molar-refractivity contribution in [3.05, 3.63) is 52.0 Å². The van der Waals surface area contributed by atoms with Crippen LogP contribution in [0.25, 0.3) is 0 Å². The molecule has 2 rings (SSSR count). The van der Waals surface area contributed by atoms with Crippen molar-refractivity contribution in [2.24, 2.45) is 0 Å². The highest BCUT2D eigenvalue weighted by atomic mass is 35.5. The molecular weight excluding hydrogens is 313 g/mol. The van der Waals surface area contributed by atoms with Crippen LogP contribution in [0, 0.1) is 0 Å². The first-order valence-electron chi connectivity index (χ1n) is 6.03. The molecule has 0 aliphatic rings. The Morgan fingerprint density at radius 3 is 2.71 bits per heavy atom. The Morgan fingerprint density at radius 1 is 1.19 bits per heavy atom. The quantitative estimate of drug-likeness (QED) is 0.513. The zero-order chi connectivity index (χ0) is 15.4. The molecule has 0 spiro atoms. The zero-order valence-corrected chi connectivity index (χ0v) is 12.4. The number of carbonyl (C=O) groups excluding carboxylic acids is 1. The fourth-order valence-electron chi connectivity index (χ4n) is 1.68. The molecule has 0 atom stereocenters. The lowest BCUT2D eigenvalue weighted by atomic mass is 10.2. The predicted molar refractivity (Wildman–Crippen MR) is 84.8 cm³/mol. The van der Waals surface area contributed by atoms with Crippen molar-refractivity contribution in [3.63, 3.8) is 0 Å². The molecule has 7 heteroatoms. The molecule has 0 unspecified atom stereocenters.